The molecular formula is C11H24BN3O6S. The number of aliphatic carboxylic acids is 1. The van der Waals surface area contributed by atoms with Gasteiger partial charge in [0.2, 0.25) is 0 Å². The molecule has 6 N–H and O–H groups in total. The van der Waals surface area contributed by atoms with Crippen LogP contribution in [0.5, 0.6) is 0 Å². The minimum atomic E-state index is -3.80. The zero-order valence-corrected chi connectivity index (χ0v) is 13.6. The van der Waals surface area contributed by atoms with Crippen molar-refractivity contribution in [3.8, 4) is 0 Å². The van der Waals surface area contributed by atoms with Gasteiger partial charge < -0.3 is 20.9 Å². The van der Waals surface area contributed by atoms with Gasteiger partial charge in [-0.1, -0.05) is 6.42 Å². The van der Waals surface area contributed by atoms with Crippen LogP contribution in [0, 0.1) is 5.92 Å². The lowest BCUT2D eigenvalue weighted by molar-refractivity contribution is -0.144. The molecule has 1 heterocycles. The zero-order chi connectivity index (χ0) is 17.1. The van der Waals surface area contributed by atoms with Crippen LogP contribution in [0.3, 0.4) is 0 Å². The Balaban J connectivity index is 2.86. The second kappa shape index (κ2) is 7.24. The van der Waals surface area contributed by atoms with Gasteiger partial charge in [0.1, 0.15) is 5.54 Å². The van der Waals surface area contributed by atoms with E-state index in [2.05, 4.69) is 4.72 Å². The number of carbonyl (C=O) groups is 1. The molecule has 1 fully saturated rings. The molecule has 11 heteroatoms. The minimum absolute atomic E-state index is 0.00756. The normalized spacial score (nSPS) is 26.5. The first-order chi connectivity index (χ1) is 9.99. The van der Waals surface area contributed by atoms with Crippen molar-refractivity contribution >= 4 is 23.3 Å². The van der Waals surface area contributed by atoms with Gasteiger partial charge in [-0.05, 0) is 26.6 Å². The van der Waals surface area contributed by atoms with Crippen LogP contribution < -0.4 is 10.5 Å². The van der Waals surface area contributed by atoms with E-state index in [-0.39, 0.29) is 25.5 Å². The molecule has 0 spiro atoms. The molecule has 0 aromatic carbocycles. The molecule has 9 nitrogen and oxygen atoms in total. The largest absolute Gasteiger partial charge is 0.480 e. The minimum Gasteiger partial charge on any atom is -0.480 e. The van der Waals surface area contributed by atoms with Gasteiger partial charge in [-0.3, -0.25) is 4.79 Å². The number of rotatable bonds is 8. The molecule has 1 aliphatic rings. The number of hydrogen-bond acceptors (Lipinski definition) is 6. The van der Waals surface area contributed by atoms with Crippen LogP contribution in [-0.4, -0.2) is 65.6 Å². The lowest BCUT2D eigenvalue weighted by Crippen LogP contribution is -2.55. The van der Waals surface area contributed by atoms with Gasteiger partial charge >= 0.3 is 13.1 Å². The van der Waals surface area contributed by atoms with Crippen LogP contribution in [-0.2, 0) is 15.0 Å². The maximum atomic E-state index is 12.2. The van der Waals surface area contributed by atoms with Crippen LogP contribution in [0.4, 0.5) is 0 Å². The summed E-state index contributed by atoms with van der Waals surface area (Å²) in [5.74, 6) is -1.85. The second-order valence-corrected chi connectivity index (χ2v) is 7.73. The lowest BCUT2D eigenvalue weighted by atomic mass is 9.78. The van der Waals surface area contributed by atoms with E-state index >= 15 is 0 Å². The van der Waals surface area contributed by atoms with Crippen LogP contribution in [0.25, 0.3) is 0 Å². The second-order valence-electron chi connectivity index (χ2n) is 6.02. The summed E-state index contributed by atoms with van der Waals surface area (Å²) in [4.78, 5) is 11.5. The molecule has 0 unspecified atom stereocenters. The molecule has 0 aromatic heterocycles. The summed E-state index contributed by atoms with van der Waals surface area (Å²) in [5, 5.41) is 27.0. The van der Waals surface area contributed by atoms with Crippen molar-refractivity contribution < 1.29 is 28.4 Å². The highest BCUT2D eigenvalue weighted by molar-refractivity contribution is 7.87. The molecular weight excluding hydrogens is 313 g/mol. The fourth-order valence-corrected chi connectivity index (χ4v) is 4.09. The maximum Gasteiger partial charge on any atom is 0.451 e. The Morgan fingerprint density at radius 1 is 1.50 bits per heavy atom. The van der Waals surface area contributed by atoms with Gasteiger partial charge in [-0.25, -0.2) is 0 Å². The van der Waals surface area contributed by atoms with Gasteiger partial charge in [0.25, 0.3) is 10.2 Å². The van der Waals surface area contributed by atoms with Crippen LogP contribution in [0.2, 0.25) is 6.32 Å². The molecule has 1 aliphatic heterocycles. The van der Waals surface area contributed by atoms with Crippen LogP contribution in [0.15, 0.2) is 0 Å². The standard InChI is InChI=1S/C11H24BN3O6S/c1-8(2)14-22(20,21)15-6-9(4-3-5-12(18)19)11(13,7-15)10(16)17/h8-9,14,18-19H,3-7,13H2,1-2H3,(H,16,17)/t9-,11-/m0/s1. The Labute approximate surface area is 130 Å². The summed E-state index contributed by atoms with van der Waals surface area (Å²) < 4.78 is 27.8. The van der Waals surface area contributed by atoms with E-state index in [0.717, 1.165) is 4.31 Å². The number of carboxylic acid groups (broad SMARTS) is 1. The molecule has 128 valence electrons. The van der Waals surface area contributed by atoms with Crippen molar-refractivity contribution in [3.63, 3.8) is 0 Å². The summed E-state index contributed by atoms with van der Waals surface area (Å²) in [6.07, 6.45) is 0.734. The topological polar surface area (TPSA) is 153 Å². The van der Waals surface area contributed by atoms with Gasteiger partial charge in [0, 0.05) is 25.0 Å². The monoisotopic (exact) mass is 337 g/mol. The molecule has 0 aliphatic carbocycles. The molecule has 0 radical (unpaired) electrons. The highest BCUT2D eigenvalue weighted by atomic mass is 32.2. The number of nitrogens with two attached hydrogens (primary N) is 1. The van der Waals surface area contributed by atoms with E-state index in [1.54, 1.807) is 13.8 Å². The third kappa shape index (κ3) is 4.64. The van der Waals surface area contributed by atoms with Gasteiger partial charge in [-0.2, -0.15) is 17.4 Å². The molecule has 1 rings (SSSR count). The van der Waals surface area contributed by atoms with Crippen molar-refractivity contribution in [1.29, 1.82) is 0 Å². The maximum absolute atomic E-state index is 12.2. The predicted octanol–water partition coefficient (Wildman–Crippen LogP) is -1.80. The zero-order valence-electron chi connectivity index (χ0n) is 12.8. The average molecular weight is 337 g/mol. The fraction of sp³-hybridized carbons (Fsp3) is 0.909. The highest BCUT2D eigenvalue weighted by Crippen LogP contribution is 2.31. The molecule has 22 heavy (non-hydrogen) atoms. The first-order valence-corrected chi connectivity index (χ1v) is 8.59. The lowest BCUT2D eigenvalue weighted by Gasteiger charge is -2.25. The highest BCUT2D eigenvalue weighted by Gasteiger charge is 2.52. The Morgan fingerprint density at radius 3 is 2.55 bits per heavy atom. The van der Waals surface area contributed by atoms with Gasteiger partial charge in [0.05, 0.1) is 0 Å². The molecule has 1 saturated heterocycles. The van der Waals surface area contributed by atoms with Crippen LogP contribution in [0.1, 0.15) is 26.7 Å². The van der Waals surface area contributed by atoms with E-state index in [1.165, 1.54) is 0 Å². The van der Waals surface area contributed by atoms with Crippen molar-refractivity contribution in [2.45, 2.75) is 44.6 Å². The van der Waals surface area contributed by atoms with Crippen molar-refractivity contribution in [2.24, 2.45) is 11.7 Å². The van der Waals surface area contributed by atoms with E-state index in [1.807, 2.05) is 0 Å². The third-order valence-electron chi connectivity index (χ3n) is 3.73. The molecule has 0 saturated carbocycles. The summed E-state index contributed by atoms with van der Waals surface area (Å²) in [7, 11) is -5.27. The average Bonchev–Trinajstić information content (AvgIpc) is 2.67. The van der Waals surface area contributed by atoms with E-state index in [9.17, 15) is 18.3 Å². The molecule has 0 bridgehead atoms. The quantitative estimate of drug-likeness (QED) is 0.327. The summed E-state index contributed by atoms with van der Waals surface area (Å²) in [6.45, 7) is 3.02. The number of hydrogen-bond donors (Lipinski definition) is 5. The molecule has 0 aromatic rings. The van der Waals surface area contributed by atoms with E-state index in [4.69, 9.17) is 15.8 Å². The summed E-state index contributed by atoms with van der Waals surface area (Å²) >= 11 is 0. The predicted molar refractivity (Wildman–Crippen MR) is 81.0 cm³/mol. The Bertz CT molecular complexity index is 500. The number of nitrogens with one attached hydrogen (secondary N) is 1. The van der Waals surface area contributed by atoms with Crippen molar-refractivity contribution in [1.82, 2.24) is 9.03 Å². The molecule has 2 atom stereocenters. The van der Waals surface area contributed by atoms with Crippen molar-refractivity contribution in [3.05, 3.63) is 0 Å². The SMILES string of the molecule is CC(C)NS(=O)(=O)N1C[C@H](CCCB(O)O)[C@](N)(C(=O)O)C1. The van der Waals surface area contributed by atoms with Crippen molar-refractivity contribution in [2.75, 3.05) is 13.1 Å². The Morgan fingerprint density at radius 2 is 2.09 bits per heavy atom. The first kappa shape index (κ1) is 19.3. The molecule has 0 amide bonds. The summed E-state index contributed by atoms with van der Waals surface area (Å²) in [5.41, 5.74) is 4.25. The van der Waals surface area contributed by atoms with Gasteiger partial charge in [0.15, 0.2) is 0 Å². The smallest absolute Gasteiger partial charge is 0.451 e. The van der Waals surface area contributed by atoms with E-state index < -0.39 is 34.8 Å². The first-order valence-electron chi connectivity index (χ1n) is 7.15. The number of nitrogens with zero attached hydrogens (tertiary/aromatic N) is 1. The van der Waals surface area contributed by atoms with Gasteiger partial charge in [-0.15, -0.1) is 0 Å². The number of carboxylic acids is 1. The van der Waals surface area contributed by atoms with Crippen LogP contribution >= 0.6 is 0 Å². The Hall–Kier alpha value is -0.715. The Kier molecular flexibility index (Phi) is 6.36. The van der Waals surface area contributed by atoms with E-state index in [0.29, 0.717) is 12.8 Å². The fourth-order valence-electron chi connectivity index (χ4n) is 2.59. The summed E-state index contributed by atoms with van der Waals surface area (Å²) in [6, 6.07) is -0.314. The third-order valence-corrected chi connectivity index (χ3v) is 5.46.